The van der Waals surface area contributed by atoms with E-state index in [0.29, 0.717) is 17.1 Å². The minimum atomic E-state index is -0.294. The number of aromatic nitrogens is 1. The highest BCUT2D eigenvalue weighted by atomic mass is 32.1. The van der Waals surface area contributed by atoms with Crippen molar-refractivity contribution in [1.29, 1.82) is 0 Å². The predicted molar refractivity (Wildman–Crippen MR) is 100 cm³/mol. The molecule has 0 radical (unpaired) electrons. The first-order valence-electron chi connectivity index (χ1n) is 7.59. The fourth-order valence-corrected chi connectivity index (χ4v) is 4.19. The highest BCUT2D eigenvalue weighted by Crippen LogP contribution is 2.36. The minimum Gasteiger partial charge on any atom is -0.454 e. The van der Waals surface area contributed by atoms with Crippen LogP contribution in [0, 0.1) is 0 Å². The van der Waals surface area contributed by atoms with Crippen LogP contribution >= 0.6 is 22.7 Å². The number of carbonyl (C=O) groups is 1. The zero-order chi connectivity index (χ0) is 17.2. The van der Waals surface area contributed by atoms with Crippen LogP contribution in [0.3, 0.4) is 0 Å². The molecule has 1 amide bonds. The first-order valence-corrected chi connectivity index (χ1v) is 9.28. The van der Waals surface area contributed by atoms with Gasteiger partial charge in [-0.3, -0.25) is 4.79 Å². The lowest BCUT2D eigenvalue weighted by Gasteiger charge is -2.01. The number of carbonyl (C=O) groups excluding carboxylic acids is 1. The molecule has 0 N–H and O–H groups in total. The number of benzene rings is 1. The predicted octanol–water partition coefficient (Wildman–Crippen LogP) is 3.82. The fraction of sp³-hybridized carbons (Fsp3) is 0.111. The summed E-state index contributed by atoms with van der Waals surface area (Å²) in [5.74, 6) is 1.13. The molecule has 5 nitrogen and oxygen atoms in total. The number of allylic oxidation sites excluding steroid dienone is 1. The summed E-state index contributed by atoms with van der Waals surface area (Å²) in [4.78, 5) is 18.1. The van der Waals surface area contributed by atoms with Crippen LogP contribution in [0.15, 0.2) is 53.4 Å². The number of rotatable bonds is 4. The second kappa shape index (κ2) is 6.70. The number of ether oxygens (including phenoxy) is 2. The summed E-state index contributed by atoms with van der Waals surface area (Å²) in [5, 5.41) is 1.97. The van der Waals surface area contributed by atoms with Crippen molar-refractivity contribution in [3.63, 3.8) is 0 Å². The third kappa shape index (κ3) is 3.16. The highest BCUT2D eigenvalue weighted by molar-refractivity contribution is 7.16. The van der Waals surface area contributed by atoms with Gasteiger partial charge in [-0.1, -0.05) is 23.5 Å². The van der Waals surface area contributed by atoms with Crippen molar-refractivity contribution in [1.82, 2.24) is 4.57 Å². The van der Waals surface area contributed by atoms with Gasteiger partial charge in [0, 0.05) is 29.6 Å². The van der Waals surface area contributed by atoms with Crippen LogP contribution in [0.4, 0.5) is 0 Å². The summed E-state index contributed by atoms with van der Waals surface area (Å²) in [6, 6.07) is 7.74. The second-order valence-electron chi connectivity index (χ2n) is 5.26. The van der Waals surface area contributed by atoms with Gasteiger partial charge in [-0.2, -0.15) is 4.99 Å². The van der Waals surface area contributed by atoms with Gasteiger partial charge >= 0.3 is 0 Å². The van der Waals surface area contributed by atoms with Gasteiger partial charge in [0.05, 0.1) is 10.2 Å². The molecule has 7 heteroatoms. The van der Waals surface area contributed by atoms with Gasteiger partial charge in [0.25, 0.3) is 5.91 Å². The van der Waals surface area contributed by atoms with Crippen LogP contribution in [0.25, 0.3) is 16.3 Å². The van der Waals surface area contributed by atoms with Gasteiger partial charge in [-0.05, 0) is 17.5 Å². The van der Waals surface area contributed by atoms with E-state index in [-0.39, 0.29) is 12.7 Å². The Morgan fingerprint density at radius 2 is 2.20 bits per heavy atom. The van der Waals surface area contributed by atoms with Gasteiger partial charge < -0.3 is 14.0 Å². The molecule has 4 rings (SSSR count). The zero-order valence-corrected chi connectivity index (χ0v) is 14.8. The molecule has 0 unspecified atom stereocenters. The van der Waals surface area contributed by atoms with E-state index in [1.54, 1.807) is 23.5 Å². The Morgan fingerprint density at radius 3 is 2.96 bits per heavy atom. The van der Waals surface area contributed by atoms with Crippen LogP contribution in [0.5, 0.6) is 11.5 Å². The molecule has 3 aromatic rings. The summed E-state index contributed by atoms with van der Waals surface area (Å²) in [7, 11) is 0. The van der Waals surface area contributed by atoms with Gasteiger partial charge in [0.15, 0.2) is 16.3 Å². The Morgan fingerprint density at radius 1 is 1.36 bits per heavy atom. The largest absolute Gasteiger partial charge is 0.454 e. The van der Waals surface area contributed by atoms with Crippen molar-refractivity contribution < 1.29 is 14.3 Å². The number of hydrogen-bond donors (Lipinski definition) is 0. The number of nitrogens with zero attached hydrogens (tertiary/aromatic N) is 2. The summed E-state index contributed by atoms with van der Waals surface area (Å²) in [6.45, 7) is 4.58. The molecule has 0 spiro atoms. The molecule has 0 saturated heterocycles. The molecule has 1 aliphatic heterocycles. The lowest BCUT2D eigenvalue weighted by Crippen LogP contribution is -2.15. The van der Waals surface area contributed by atoms with Gasteiger partial charge in [0.2, 0.25) is 6.79 Å². The number of amides is 1. The van der Waals surface area contributed by atoms with E-state index in [4.69, 9.17) is 9.47 Å². The van der Waals surface area contributed by atoms with Crippen molar-refractivity contribution in [2.24, 2.45) is 4.99 Å². The SMILES string of the molecule is C=CCn1c(=NC(=O)C=Cc2cccs2)sc2cc3c(cc21)OCO3. The van der Waals surface area contributed by atoms with Crippen molar-refractivity contribution >= 4 is 44.9 Å². The van der Waals surface area contributed by atoms with E-state index in [9.17, 15) is 4.79 Å². The van der Waals surface area contributed by atoms with E-state index in [2.05, 4.69) is 11.6 Å². The molecule has 1 aromatic carbocycles. The third-order valence-corrected chi connectivity index (χ3v) is 5.51. The summed E-state index contributed by atoms with van der Waals surface area (Å²) in [6.07, 6.45) is 5.04. The monoisotopic (exact) mass is 370 g/mol. The molecular formula is C18H14N2O3S2. The van der Waals surface area contributed by atoms with E-state index in [1.165, 1.54) is 17.4 Å². The third-order valence-electron chi connectivity index (χ3n) is 3.63. The molecule has 0 aliphatic carbocycles. The van der Waals surface area contributed by atoms with Crippen LogP contribution < -0.4 is 14.3 Å². The van der Waals surface area contributed by atoms with Crippen molar-refractivity contribution in [2.45, 2.75) is 6.54 Å². The standard InChI is InChI=1S/C18H14N2O3S2/c1-2-7-20-13-9-14-15(23-11-22-14)10-16(13)25-18(20)19-17(21)6-5-12-4-3-8-24-12/h2-6,8-10H,1,7,11H2. The minimum absolute atomic E-state index is 0.233. The summed E-state index contributed by atoms with van der Waals surface area (Å²) in [5.41, 5.74) is 0.947. The van der Waals surface area contributed by atoms with Crippen LogP contribution in [-0.2, 0) is 11.3 Å². The maximum Gasteiger partial charge on any atom is 0.272 e. The average Bonchev–Trinajstić information content (AvgIpc) is 3.32. The van der Waals surface area contributed by atoms with Crippen LogP contribution in [0.2, 0.25) is 0 Å². The van der Waals surface area contributed by atoms with E-state index in [1.807, 2.05) is 34.2 Å². The van der Waals surface area contributed by atoms with E-state index >= 15 is 0 Å². The lowest BCUT2D eigenvalue weighted by atomic mass is 10.3. The molecule has 25 heavy (non-hydrogen) atoms. The summed E-state index contributed by atoms with van der Waals surface area (Å²) < 4.78 is 13.8. The smallest absolute Gasteiger partial charge is 0.272 e. The van der Waals surface area contributed by atoms with Crippen LogP contribution in [-0.4, -0.2) is 17.3 Å². The molecule has 1 aliphatic rings. The van der Waals surface area contributed by atoms with E-state index in [0.717, 1.165) is 20.8 Å². The normalized spacial score (nSPS) is 13.8. The molecular weight excluding hydrogens is 356 g/mol. The second-order valence-corrected chi connectivity index (χ2v) is 7.24. The Labute approximate surface area is 151 Å². The van der Waals surface area contributed by atoms with Gasteiger partial charge in [0.1, 0.15) is 0 Å². The quantitative estimate of drug-likeness (QED) is 0.518. The maximum absolute atomic E-state index is 12.2. The molecule has 0 fully saturated rings. The molecule has 0 atom stereocenters. The van der Waals surface area contributed by atoms with Gasteiger partial charge in [-0.15, -0.1) is 17.9 Å². The topological polar surface area (TPSA) is 52.8 Å². The number of hydrogen-bond acceptors (Lipinski definition) is 5. The van der Waals surface area contributed by atoms with Crippen molar-refractivity contribution in [3.05, 3.63) is 58.1 Å². The Hall–Kier alpha value is -2.64. The van der Waals surface area contributed by atoms with Gasteiger partial charge in [-0.25, -0.2) is 0 Å². The summed E-state index contributed by atoms with van der Waals surface area (Å²) >= 11 is 3.02. The average molecular weight is 370 g/mol. The fourth-order valence-electron chi connectivity index (χ4n) is 2.52. The molecule has 0 bridgehead atoms. The molecule has 2 aromatic heterocycles. The first kappa shape index (κ1) is 15.9. The first-order chi connectivity index (χ1) is 12.2. The van der Waals surface area contributed by atoms with E-state index < -0.39 is 0 Å². The molecule has 3 heterocycles. The number of thiazole rings is 1. The Kier molecular flexibility index (Phi) is 4.25. The van der Waals surface area contributed by atoms with Crippen molar-refractivity contribution in [2.75, 3.05) is 6.79 Å². The Balaban J connectivity index is 1.76. The maximum atomic E-state index is 12.2. The van der Waals surface area contributed by atoms with Crippen LogP contribution in [0.1, 0.15) is 4.88 Å². The van der Waals surface area contributed by atoms with Crippen molar-refractivity contribution in [3.8, 4) is 11.5 Å². The lowest BCUT2D eigenvalue weighted by molar-refractivity contribution is -0.113. The molecule has 126 valence electrons. The number of fused-ring (bicyclic) bond motifs is 2. The zero-order valence-electron chi connectivity index (χ0n) is 13.2. The number of thiophene rings is 1. The highest BCUT2D eigenvalue weighted by Gasteiger charge is 2.17. The molecule has 0 saturated carbocycles. The Bertz CT molecular complexity index is 1040.